The molecular formula is C29H34F3N3O3. The summed E-state index contributed by atoms with van der Waals surface area (Å²) in [4.78, 5) is 29.2. The van der Waals surface area contributed by atoms with Crippen LogP contribution in [0.15, 0.2) is 54.2 Å². The molecule has 1 aromatic carbocycles. The molecule has 2 aliphatic rings. The first-order chi connectivity index (χ1) is 18.0. The number of rotatable bonds is 10. The average molecular weight is 530 g/mol. The van der Waals surface area contributed by atoms with Crippen LogP contribution in [-0.4, -0.2) is 53.7 Å². The minimum Gasteiger partial charge on any atom is -0.464 e. The normalized spacial score (nSPS) is 24.9. The number of hydrogen-bond acceptors (Lipinski definition) is 5. The topological polar surface area (TPSA) is 71.5 Å². The summed E-state index contributed by atoms with van der Waals surface area (Å²) in [5.41, 5.74) is 2.81. The summed E-state index contributed by atoms with van der Waals surface area (Å²) in [7, 11) is 1.30. The van der Waals surface area contributed by atoms with Crippen molar-refractivity contribution < 1.29 is 27.5 Å². The number of halogens is 3. The fourth-order valence-electron chi connectivity index (χ4n) is 5.49. The zero-order valence-electron chi connectivity index (χ0n) is 21.9. The summed E-state index contributed by atoms with van der Waals surface area (Å²) in [6.07, 6.45) is 1.36. The maximum Gasteiger partial charge on any atom is 0.471 e. The van der Waals surface area contributed by atoms with Gasteiger partial charge in [0.25, 0.3) is 0 Å². The highest BCUT2D eigenvalue weighted by Gasteiger charge is 2.54. The lowest BCUT2D eigenvalue weighted by molar-refractivity contribution is -0.188. The van der Waals surface area contributed by atoms with Crippen molar-refractivity contribution in [3.8, 4) is 0 Å². The van der Waals surface area contributed by atoms with Crippen molar-refractivity contribution in [2.24, 2.45) is 11.3 Å². The minimum atomic E-state index is -4.90. The van der Waals surface area contributed by atoms with Crippen LogP contribution in [0.5, 0.6) is 0 Å². The first-order valence-electron chi connectivity index (χ1n) is 12.9. The van der Waals surface area contributed by atoms with Crippen LogP contribution in [0.3, 0.4) is 0 Å². The van der Waals surface area contributed by atoms with E-state index < -0.39 is 29.5 Å². The summed E-state index contributed by atoms with van der Waals surface area (Å²) in [5.74, 6) is -2.30. The highest BCUT2D eigenvalue weighted by atomic mass is 19.4. The molecule has 0 bridgehead atoms. The molecule has 204 valence electrons. The van der Waals surface area contributed by atoms with Gasteiger partial charge in [-0.2, -0.15) is 13.2 Å². The van der Waals surface area contributed by atoms with Gasteiger partial charge in [-0.1, -0.05) is 61.9 Å². The van der Waals surface area contributed by atoms with Gasteiger partial charge in [0.15, 0.2) is 0 Å². The number of nitrogens with zero attached hydrogens (tertiary/aromatic N) is 2. The van der Waals surface area contributed by atoms with Crippen LogP contribution in [-0.2, 0) is 16.1 Å². The fourth-order valence-corrected chi connectivity index (χ4v) is 5.49. The quantitative estimate of drug-likeness (QED) is 0.418. The number of amides is 1. The van der Waals surface area contributed by atoms with Crippen molar-refractivity contribution in [2.75, 3.05) is 13.7 Å². The second-order valence-electron chi connectivity index (χ2n) is 10.7. The van der Waals surface area contributed by atoms with Gasteiger partial charge in [-0.05, 0) is 48.3 Å². The third-order valence-corrected chi connectivity index (χ3v) is 7.54. The van der Waals surface area contributed by atoms with E-state index in [9.17, 15) is 22.8 Å². The molecule has 2 aromatic rings. The van der Waals surface area contributed by atoms with Crippen LogP contribution in [0.2, 0.25) is 0 Å². The van der Waals surface area contributed by atoms with Gasteiger partial charge in [-0.3, -0.25) is 4.79 Å². The van der Waals surface area contributed by atoms with Crippen LogP contribution in [0, 0.1) is 11.3 Å². The largest absolute Gasteiger partial charge is 0.471 e. The molecule has 0 aliphatic heterocycles. The SMILES string of the molecule is CC/C(=C\c1ccccc1)[C@@H]1CC1N(CC1(C)CC(NCc2ccc(C(=O)OC)nc2)C1)C(=O)C(F)(F)F. The van der Waals surface area contributed by atoms with Gasteiger partial charge in [0.2, 0.25) is 0 Å². The molecule has 2 fully saturated rings. The van der Waals surface area contributed by atoms with Crippen molar-refractivity contribution in [1.82, 2.24) is 15.2 Å². The van der Waals surface area contributed by atoms with E-state index in [1.54, 1.807) is 18.3 Å². The van der Waals surface area contributed by atoms with Crippen molar-refractivity contribution in [1.29, 1.82) is 0 Å². The lowest BCUT2D eigenvalue weighted by atomic mass is 9.66. The van der Waals surface area contributed by atoms with Gasteiger partial charge in [0, 0.05) is 37.3 Å². The number of nitrogens with one attached hydrogen (secondary N) is 1. The molecule has 2 atom stereocenters. The third kappa shape index (κ3) is 6.62. The fraction of sp³-hybridized carbons (Fsp3) is 0.483. The number of aromatic nitrogens is 1. The van der Waals surface area contributed by atoms with Gasteiger partial charge >= 0.3 is 18.1 Å². The summed E-state index contributed by atoms with van der Waals surface area (Å²) >= 11 is 0. The monoisotopic (exact) mass is 529 g/mol. The van der Waals surface area contributed by atoms with E-state index in [2.05, 4.69) is 15.0 Å². The van der Waals surface area contributed by atoms with E-state index in [-0.39, 0.29) is 24.2 Å². The van der Waals surface area contributed by atoms with E-state index in [0.29, 0.717) is 25.8 Å². The van der Waals surface area contributed by atoms with Crippen LogP contribution in [0.1, 0.15) is 61.1 Å². The molecule has 9 heteroatoms. The Kier molecular flexibility index (Phi) is 8.25. The predicted molar refractivity (Wildman–Crippen MR) is 138 cm³/mol. The van der Waals surface area contributed by atoms with Crippen molar-refractivity contribution >= 4 is 18.0 Å². The van der Waals surface area contributed by atoms with Gasteiger partial charge < -0.3 is 15.0 Å². The zero-order chi connectivity index (χ0) is 27.5. The molecule has 0 radical (unpaired) electrons. The maximum atomic E-state index is 13.6. The Bertz CT molecular complexity index is 1160. The number of pyridine rings is 1. The predicted octanol–water partition coefficient (Wildman–Crippen LogP) is 5.40. The van der Waals surface area contributed by atoms with E-state index >= 15 is 0 Å². The number of methoxy groups -OCH3 is 1. The highest BCUT2D eigenvalue weighted by Crippen LogP contribution is 2.48. The first-order valence-corrected chi connectivity index (χ1v) is 12.9. The number of esters is 1. The van der Waals surface area contributed by atoms with Crippen LogP contribution in [0.4, 0.5) is 13.2 Å². The van der Waals surface area contributed by atoms with Gasteiger partial charge in [0.1, 0.15) is 5.69 Å². The van der Waals surface area contributed by atoms with E-state index in [4.69, 9.17) is 0 Å². The summed E-state index contributed by atoms with van der Waals surface area (Å²) in [5, 5.41) is 3.40. The van der Waals surface area contributed by atoms with Crippen LogP contribution < -0.4 is 5.32 Å². The molecule has 1 unspecified atom stereocenters. The molecule has 1 aromatic heterocycles. The van der Waals surface area contributed by atoms with Crippen molar-refractivity contribution in [2.45, 2.75) is 64.3 Å². The summed E-state index contributed by atoms with van der Waals surface area (Å²) < 4.78 is 45.4. The Labute approximate surface area is 221 Å². The number of hydrogen-bond donors (Lipinski definition) is 1. The smallest absolute Gasteiger partial charge is 0.464 e. The summed E-state index contributed by atoms with van der Waals surface area (Å²) in [6, 6.07) is 12.8. The van der Waals surface area contributed by atoms with Gasteiger partial charge in [0.05, 0.1) is 7.11 Å². The molecule has 1 N–H and O–H groups in total. The van der Waals surface area contributed by atoms with Crippen molar-refractivity contribution in [3.05, 3.63) is 71.1 Å². The molecule has 4 rings (SSSR count). The minimum absolute atomic E-state index is 0.0513. The molecular weight excluding hydrogens is 495 g/mol. The second-order valence-corrected chi connectivity index (χ2v) is 10.7. The molecule has 2 saturated carbocycles. The summed E-state index contributed by atoms with van der Waals surface area (Å²) in [6.45, 7) is 4.56. The number of benzene rings is 1. The number of alkyl halides is 3. The van der Waals surface area contributed by atoms with Crippen LogP contribution >= 0.6 is 0 Å². The van der Waals surface area contributed by atoms with E-state index in [1.807, 2.05) is 50.3 Å². The third-order valence-electron chi connectivity index (χ3n) is 7.54. The molecule has 6 nitrogen and oxygen atoms in total. The van der Waals surface area contributed by atoms with E-state index in [1.165, 1.54) is 7.11 Å². The van der Waals surface area contributed by atoms with Crippen LogP contribution in [0.25, 0.3) is 6.08 Å². The van der Waals surface area contributed by atoms with Gasteiger partial charge in [-0.15, -0.1) is 0 Å². The average Bonchev–Trinajstić information content (AvgIpc) is 3.68. The molecule has 1 heterocycles. The Morgan fingerprint density at radius 3 is 2.47 bits per heavy atom. The lowest BCUT2D eigenvalue weighted by Gasteiger charge is -2.48. The first kappa shape index (κ1) is 27.8. The number of carbonyl (C=O) groups excluding carboxylic acids is 2. The molecule has 0 saturated heterocycles. The Balaban J connectivity index is 1.36. The zero-order valence-corrected chi connectivity index (χ0v) is 21.9. The molecule has 1 amide bonds. The standard InChI is InChI=1S/C29H34F3N3O3/c1-4-21(12-19-8-6-5-7-9-19)23-13-25(23)35(27(37)29(30,31)32)18-28(2)14-22(15-28)33-16-20-10-11-24(34-17-20)26(36)38-3/h5-12,17,22-23,25,33H,4,13-16,18H2,1-3H3/b21-12+/t22?,23-,25?,28?/m0/s1. The molecule has 0 spiro atoms. The van der Waals surface area contributed by atoms with E-state index in [0.717, 1.165) is 28.0 Å². The maximum absolute atomic E-state index is 13.6. The number of carbonyl (C=O) groups is 2. The Morgan fingerprint density at radius 1 is 1.18 bits per heavy atom. The highest BCUT2D eigenvalue weighted by molar-refractivity contribution is 5.87. The Hall–Kier alpha value is -3.20. The van der Waals surface area contributed by atoms with Crippen molar-refractivity contribution in [3.63, 3.8) is 0 Å². The lowest BCUT2D eigenvalue weighted by Crippen LogP contribution is -2.55. The molecule has 2 aliphatic carbocycles. The van der Waals surface area contributed by atoms with Gasteiger partial charge in [-0.25, -0.2) is 9.78 Å². The number of ether oxygens (including phenoxy) is 1. The second kappa shape index (κ2) is 11.3. The molecule has 38 heavy (non-hydrogen) atoms. The Morgan fingerprint density at radius 2 is 1.89 bits per heavy atom.